The summed E-state index contributed by atoms with van der Waals surface area (Å²) in [4.78, 5) is 41.7. The molecule has 2 aromatic carbocycles. The van der Waals surface area contributed by atoms with E-state index in [1.54, 1.807) is 39.8 Å². The van der Waals surface area contributed by atoms with Gasteiger partial charge in [-0.05, 0) is 62.9 Å². The Morgan fingerprint density at radius 1 is 0.976 bits per heavy atom. The summed E-state index contributed by atoms with van der Waals surface area (Å²) in [6, 6.07) is 11.9. The minimum atomic E-state index is -1.31. The number of amides is 3. The second-order valence-electron chi connectivity index (χ2n) is 11.3. The number of nitrogens with zero attached hydrogens (tertiary/aromatic N) is 1. The van der Waals surface area contributed by atoms with Crippen molar-refractivity contribution in [3.8, 4) is 5.75 Å². The number of aromatic hydroxyl groups is 1. The summed E-state index contributed by atoms with van der Waals surface area (Å²) in [7, 11) is 0. The molecule has 0 radical (unpaired) electrons. The van der Waals surface area contributed by atoms with Gasteiger partial charge in [-0.1, -0.05) is 75.4 Å². The lowest BCUT2D eigenvalue weighted by Crippen LogP contribution is -2.54. The zero-order valence-electron chi connectivity index (χ0n) is 25.1. The van der Waals surface area contributed by atoms with E-state index in [0.29, 0.717) is 17.5 Å². The highest BCUT2D eigenvalue weighted by Crippen LogP contribution is 2.28. The molecular weight excluding hydrogens is 522 g/mol. The minimum absolute atomic E-state index is 0.0748. The predicted molar refractivity (Wildman–Crippen MR) is 159 cm³/mol. The highest BCUT2D eigenvalue weighted by molar-refractivity contribution is 5.92. The summed E-state index contributed by atoms with van der Waals surface area (Å²) in [6.45, 7) is 8.79. The van der Waals surface area contributed by atoms with Gasteiger partial charge >= 0.3 is 6.09 Å². The van der Waals surface area contributed by atoms with Crippen LogP contribution in [0.4, 0.5) is 4.79 Å². The number of hydrogen-bond acceptors (Lipinski definition) is 6. The van der Waals surface area contributed by atoms with Gasteiger partial charge in [-0.3, -0.25) is 9.59 Å². The fraction of sp³-hybridized carbons (Fsp3) is 0.531. The van der Waals surface area contributed by atoms with Crippen molar-refractivity contribution >= 4 is 17.9 Å². The maximum absolute atomic E-state index is 14.0. The lowest BCUT2D eigenvalue weighted by molar-refractivity contribution is -0.143. The van der Waals surface area contributed by atoms with Crippen LogP contribution in [-0.2, 0) is 20.9 Å². The monoisotopic (exact) mass is 569 g/mol. The van der Waals surface area contributed by atoms with Crippen LogP contribution in [0.2, 0.25) is 0 Å². The van der Waals surface area contributed by atoms with E-state index in [1.165, 1.54) is 11.0 Å². The molecule has 0 aliphatic heterocycles. The highest BCUT2D eigenvalue weighted by atomic mass is 16.6. The molecule has 2 unspecified atom stereocenters. The molecule has 9 nitrogen and oxygen atoms in total. The topological polar surface area (TPSA) is 128 Å². The third-order valence-electron chi connectivity index (χ3n) is 6.61. The SMILES string of the molecule is CCCCCCCCN(C(=O)C(CO)NC(=O)OC(C)(C)C)C(C(=O)NCc1ccccc1)c1ccc(O)c(C)c1. The molecule has 4 N–H and O–H groups in total. The molecule has 0 saturated carbocycles. The smallest absolute Gasteiger partial charge is 0.408 e. The fourth-order valence-corrected chi connectivity index (χ4v) is 4.47. The lowest BCUT2D eigenvalue weighted by Gasteiger charge is -2.34. The Hall–Kier alpha value is -3.59. The zero-order chi connectivity index (χ0) is 30.4. The highest BCUT2D eigenvalue weighted by Gasteiger charge is 2.36. The van der Waals surface area contributed by atoms with Crippen LogP contribution in [0.1, 0.15) is 89.0 Å². The largest absolute Gasteiger partial charge is 0.508 e. The number of unbranched alkanes of at least 4 members (excludes halogenated alkanes) is 5. The van der Waals surface area contributed by atoms with Gasteiger partial charge in [0.2, 0.25) is 11.8 Å². The number of carbonyl (C=O) groups is 3. The van der Waals surface area contributed by atoms with E-state index in [4.69, 9.17) is 4.74 Å². The molecule has 0 heterocycles. The number of ether oxygens (including phenoxy) is 1. The maximum Gasteiger partial charge on any atom is 0.408 e. The molecule has 0 fully saturated rings. The van der Waals surface area contributed by atoms with Gasteiger partial charge in [0.15, 0.2) is 0 Å². The molecule has 0 spiro atoms. The zero-order valence-corrected chi connectivity index (χ0v) is 25.1. The number of phenolic OH excluding ortho intramolecular Hbond substituents is 1. The van der Waals surface area contributed by atoms with E-state index in [9.17, 15) is 24.6 Å². The van der Waals surface area contributed by atoms with Crippen LogP contribution in [0.5, 0.6) is 5.75 Å². The van der Waals surface area contributed by atoms with Crippen molar-refractivity contribution in [1.29, 1.82) is 0 Å². The van der Waals surface area contributed by atoms with Crippen LogP contribution in [-0.4, -0.2) is 57.8 Å². The first-order chi connectivity index (χ1) is 19.5. The van der Waals surface area contributed by atoms with Gasteiger partial charge in [0.1, 0.15) is 23.4 Å². The summed E-state index contributed by atoms with van der Waals surface area (Å²) in [5.74, 6) is -0.935. The van der Waals surface area contributed by atoms with Gasteiger partial charge in [-0.25, -0.2) is 4.79 Å². The van der Waals surface area contributed by atoms with Crippen molar-refractivity contribution in [2.75, 3.05) is 13.2 Å². The van der Waals surface area contributed by atoms with E-state index in [2.05, 4.69) is 17.6 Å². The third-order valence-corrected chi connectivity index (χ3v) is 6.61. The first-order valence-corrected chi connectivity index (χ1v) is 14.5. The van der Waals surface area contributed by atoms with Crippen molar-refractivity contribution < 1.29 is 29.3 Å². The standard InChI is InChI=1S/C32H47N3O6/c1-6-7-8-9-10-14-19-35(30(39)26(22-36)34-31(40)41-32(3,4)5)28(25-17-18-27(37)23(2)20-25)29(38)33-21-24-15-12-11-13-16-24/h11-13,15-18,20,26,28,36-37H,6-10,14,19,21-22H2,1-5H3,(H,33,38)(H,34,40). The second-order valence-corrected chi connectivity index (χ2v) is 11.3. The van der Waals surface area contributed by atoms with Gasteiger partial charge in [-0.15, -0.1) is 0 Å². The van der Waals surface area contributed by atoms with Crippen LogP contribution in [0.15, 0.2) is 48.5 Å². The number of aliphatic hydroxyl groups excluding tert-OH is 1. The Morgan fingerprint density at radius 2 is 1.63 bits per heavy atom. The number of nitrogens with one attached hydrogen (secondary N) is 2. The molecule has 2 atom stereocenters. The summed E-state index contributed by atoms with van der Waals surface area (Å²) in [5.41, 5.74) is 1.17. The summed E-state index contributed by atoms with van der Waals surface area (Å²) >= 11 is 0. The normalized spacial score (nSPS) is 12.7. The molecule has 0 bridgehead atoms. The number of rotatable bonds is 15. The third kappa shape index (κ3) is 11.4. The number of aryl methyl sites for hydroxylation is 1. The number of benzene rings is 2. The Labute approximate surface area is 244 Å². The molecule has 226 valence electrons. The molecule has 0 aliphatic carbocycles. The molecule has 2 aromatic rings. The quantitative estimate of drug-likeness (QED) is 0.220. The Kier molecular flexibility index (Phi) is 13.6. The lowest BCUT2D eigenvalue weighted by atomic mass is 9.99. The second kappa shape index (κ2) is 16.6. The van der Waals surface area contributed by atoms with Crippen LogP contribution in [0.25, 0.3) is 0 Å². The van der Waals surface area contributed by atoms with Crippen LogP contribution >= 0.6 is 0 Å². The van der Waals surface area contributed by atoms with E-state index in [0.717, 1.165) is 37.7 Å². The van der Waals surface area contributed by atoms with E-state index in [1.807, 2.05) is 30.3 Å². The number of carbonyl (C=O) groups excluding carboxylic acids is 3. The Morgan fingerprint density at radius 3 is 2.24 bits per heavy atom. The minimum Gasteiger partial charge on any atom is -0.508 e. The number of aliphatic hydroxyl groups is 1. The molecule has 0 saturated heterocycles. The summed E-state index contributed by atoms with van der Waals surface area (Å²) in [6.07, 6.45) is 4.99. The van der Waals surface area contributed by atoms with Crippen LogP contribution in [0, 0.1) is 6.92 Å². The molecule has 0 aromatic heterocycles. The summed E-state index contributed by atoms with van der Waals surface area (Å²) in [5, 5.41) is 25.7. The molecule has 2 rings (SSSR count). The number of hydrogen-bond donors (Lipinski definition) is 4. The van der Waals surface area contributed by atoms with Crippen LogP contribution < -0.4 is 10.6 Å². The Bertz CT molecular complexity index is 1120. The van der Waals surface area contributed by atoms with Crippen molar-refractivity contribution in [2.24, 2.45) is 0 Å². The van der Waals surface area contributed by atoms with Gasteiger partial charge in [0.25, 0.3) is 0 Å². The first kappa shape index (κ1) is 33.6. The summed E-state index contributed by atoms with van der Waals surface area (Å²) < 4.78 is 5.31. The molecule has 41 heavy (non-hydrogen) atoms. The average Bonchev–Trinajstić information content (AvgIpc) is 2.92. The van der Waals surface area contributed by atoms with Gasteiger partial charge in [-0.2, -0.15) is 0 Å². The number of phenols is 1. The predicted octanol–water partition coefficient (Wildman–Crippen LogP) is 5.13. The van der Waals surface area contributed by atoms with E-state index < -0.39 is 42.2 Å². The molecule has 9 heteroatoms. The average molecular weight is 570 g/mol. The van der Waals surface area contributed by atoms with Gasteiger partial charge < -0.3 is 30.5 Å². The molecule has 0 aliphatic rings. The van der Waals surface area contributed by atoms with Crippen molar-refractivity contribution in [1.82, 2.24) is 15.5 Å². The van der Waals surface area contributed by atoms with Gasteiger partial charge in [0.05, 0.1) is 6.61 Å². The van der Waals surface area contributed by atoms with Crippen molar-refractivity contribution in [2.45, 2.75) is 97.4 Å². The van der Waals surface area contributed by atoms with Crippen LogP contribution in [0.3, 0.4) is 0 Å². The molecular formula is C32H47N3O6. The van der Waals surface area contributed by atoms with Gasteiger partial charge in [0, 0.05) is 13.1 Å². The molecule has 3 amide bonds. The first-order valence-electron chi connectivity index (χ1n) is 14.5. The van der Waals surface area contributed by atoms with E-state index >= 15 is 0 Å². The van der Waals surface area contributed by atoms with E-state index in [-0.39, 0.29) is 18.8 Å². The Balaban J connectivity index is 2.42. The van der Waals surface area contributed by atoms with Crippen molar-refractivity contribution in [3.63, 3.8) is 0 Å². The number of alkyl carbamates (subject to hydrolysis) is 1. The van der Waals surface area contributed by atoms with Crippen molar-refractivity contribution in [3.05, 3.63) is 65.2 Å². The maximum atomic E-state index is 14.0. The fourth-order valence-electron chi connectivity index (χ4n) is 4.47.